The summed E-state index contributed by atoms with van der Waals surface area (Å²) in [4.78, 5) is 12.0. The smallest absolute Gasteiger partial charge is 0.461 e. The van der Waals surface area contributed by atoms with E-state index in [-0.39, 0.29) is 12.4 Å². The van der Waals surface area contributed by atoms with Crippen LogP contribution in [0.1, 0.15) is 113 Å². The quantitative estimate of drug-likeness (QED) is 0.103. The molecule has 10 heteroatoms. The molecule has 0 aliphatic carbocycles. The van der Waals surface area contributed by atoms with Gasteiger partial charge in [-0.1, -0.05) is 52.4 Å². The van der Waals surface area contributed by atoms with Crippen LogP contribution in [0.3, 0.4) is 0 Å². The topological polar surface area (TPSA) is 94.1 Å². The third-order valence-corrected chi connectivity index (χ3v) is 9.39. The zero-order valence-corrected chi connectivity index (χ0v) is 26.0. The summed E-state index contributed by atoms with van der Waals surface area (Å²) in [5.74, 6) is 7.51. The number of aliphatic imine (C=N–C) groups is 2. The molecule has 0 fully saturated rings. The predicted octanol–water partition coefficient (Wildman–Crippen LogP) is 5.93. The minimum absolute atomic E-state index is 0.00907. The molecular formula is C27H57N5O4Si. The second-order valence-electron chi connectivity index (χ2n) is 9.85. The maximum atomic E-state index is 6.72. The lowest BCUT2D eigenvalue weighted by atomic mass is 10.1. The van der Waals surface area contributed by atoms with Crippen molar-refractivity contribution >= 4 is 20.7 Å². The average Bonchev–Trinajstić information content (AvgIpc) is 2.85. The minimum Gasteiger partial charge on any atom is -0.461 e. The van der Waals surface area contributed by atoms with Crippen molar-refractivity contribution in [1.82, 2.24) is 9.91 Å². The van der Waals surface area contributed by atoms with Gasteiger partial charge in [-0.25, -0.2) is 5.84 Å². The van der Waals surface area contributed by atoms with Gasteiger partial charge >= 0.3 is 14.8 Å². The van der Waals surface area contributed by atoms with E-state index < -0.39 is 8.80 Å². The summed E-state index contributed by atoms with van der Waals surface area (Å²) in [6.45, 7) is 18.1. The molecule has 1 aliphatic rings. The van der Waals surface area contributed by atoms with Gasteiger partial charge in [0.15, 0.2) is 6.29 Å². The maximum absolute atomic E-state index is 6.72. The van der Waals surface area contributed by atoms with Crippen LogP contribution in [0.2, 0.25) is 6.04 Å². The van der Waals surface area contributed by atoms with Gasteiger partial charge < -0.3 is 18.0 Å². The third kappa shape index (κ3) is 13.0. The molecule has 218 valence electrons. The lowest BCUT2D eigenvalue weighted by molar-refractivity contribution is 0.0704. The number of rotatable bonds is 22. The summed E-state index contributed by atoms with van der Waals surface area (Å²) in [5, 5.41) is 1.75. The average molecular weight is 544 g/mol. The van der Waals surface area contributed by atoms with Crippen LogP contribution >= 0.6 is 0 Å². The fraction of sp³-hybridized carbons (Fsp3) is 0.926. The van der Waals surface area contributed by atoms with E-state index in [0.717, 1.165) is 44.2 Å². The Bertz CT molecular complexity index is 621. The second kappa shape index (κ2) is 19.9. The van der Waals surface area contributed by atoms with Gasteiger partial charge in [0.2, 0.25) is 0 Å². The molecule has 2 N–H and O–H groups in total. The van der Waals surface area contributed by atoms with Crippen LogP contribution in [0.5, 0.6) is 0 Å². The molecule has 37 heavy (non-hydrogen) atoms. The van der Waals surface area contributed by atoms with Crippen molar-refractivity contribution in [2.75, 3.05) is 32.9 Å². The Balaban J connectivity index is 3.03. The van der Waals surface area contributed by atoms with E-state index in [1.807, 2.05) is 34.6 Å². The molecule has 0 radical (unpaired) electrons. The van der Waals surface area contributed by atoms with Gasteiger partial charge in [-0.3, -0.25) is 9.91 Å². The van der Waals surface area contributed by atoms with Crippen LogP contribution < -0.4 is 5.84 Å². The number of hydrogen-bond donors (Lipinski definition) is 1. The van der Waals surface area contributed by atoms with E-state index in [4.69, 9.17) is 33.8 Å². The summed E-state index contributed by atoms with van der Waals surface area (Å²) in [7, 11) is -2.72. The SMILES string of the molecule is CCCCCCN(CCCCCC)C1N=C(OC(C)C)N=C(CCC[Si](OCC)(OCC)OCC)N1N. The first-order valence-electron chi connectivity index (χ1n) is 14.9. The Hall–Kier alpha value is -1.04. The Morgan fingerprint density at radius 3 is 1.84 bits per heavy atom. The summed E-state index contributed by atoms with van der Waals surface area (Å²) in [6.07, 6.45) is 10.8. The number of hydrazine groups is 1. The van der Waals surface area contributed by atoms with Gasteiger partial charge in [0.1, 0.15) is 5.84 Å². The molecule has 1 rings (SSSR count). The fourth-order valence-corrected chi connectivity index (χ4v) is 7.10. The monoisotopic (exact) mass is 543 g/mol. The first-order chi connectivity index (χ1) is 17.9. The standard InChI is InChI=1S/C27H57N5O4Si/c1-8-13-15-17-21-31(22-18-16-14-9-2)27-30-26(36-24(6)7)29-25(32(27)28)20-19-23-37(33-10-3,34-11-4)35-12-5/h24,27H,8-23,28H2,1-7H3. The van der Waals surface area contributed by atoms with E-state index in [2.05, 4.69) is 18.7 Å². The highest BCUT2D eigenvalue weighted by Crippen LogP contribution is 2.22. The summed E-state index contributed by atoms with van der Waals surface area (Å²) >= 11 is 0. The van der Waals surface area contributed by atoms with E-state index >= 15 is 0 Å². The Labute approximate surface area is 228 Å². The first kappa shape index (κ1) is 34.0. The van der Waals surface area contributed by atoms with E-state index in [1.165, 1.54) is 38.5 Å². The number of hydrogen-bond acceptors (Lipinski definition) is 9. The lowest BCUT2D eigenvalue weighted by Gasteiger charge is -2.38. The van der Waals surface area contributed by atoms with Crippen LogP contribution in [0, 0.1) is 0 Å². The molecule has 1 heterocycles. The number of nitrogens with two attached hydrogens (primary N) is 1. The molecule has 9 nitrogen and oxygen atoms in total. The van der Waals surface area contributed by atoms with Crippen LogP contribution in [0.4, 0.5) is 0 Å². The molecule has 1 aliphatic heterocycles. The zero-order valence-electron chi connectivity index (χ0n) is 25.0. The number of amidine groups is 2. The van der Waals surface area contributed by atoms with Crippen LogP contribution in [0.15, 0.2) is 9.98 Å². The molecule has 0 aromatic rings. The molecular weight excluding hydrogens is 486 g/mol. The molecule has 1 unspecified atom stereocenters. The van der Waals surface area contributed by atoms with Gasteiger partial charge in [-0.05, 0) is 53.9 Å². The summed E-state index contributed by atoms with van der Waals surface area (Å²) in [6, 6.07) is 1.14. The van der Waals surface area contributed by atoms with Gasteiger partial charge in [-0.15, -0.1) is 0 Å². The molecule has 0 bridgehead atoms. The molecule has 0 saturated heterocycles. The molecule has 0 spiro atoms. The largest absolute Gasteiger partial charge is 0.500 e. The third-order valence-electron chi connectivity index (χ3n) is 6.24. The maximum Gasteiger partial charge on any atom is 0.500 e. The summed E-state index contributed by atoms with van der Waals surface area (Å²) in [5.41, 5.74) is 0. The van der Waals surface area contributed by atoms with Gasteiger partial charge in [-0.2, -0.15) is 9.98 Å². The van der Waals surface area contributed by atoms with Crippen LogP contribution in [-0.4, -0.2) is 75.9 Å². The van der Waals surface area contributed by atoms with E-state index in [9.17, 15) is 0 Å². The van der Waals surface area contributed by atoms with Gasteiger partial charge in [0.05, 0.1) is 6.10 Å². The van der Waals surface area contributed by atoms with Crippen molar-refractivity contribution in [3.63, 3.8) is 0 Å². The van der Waals surface area contributed by atoms with Gasteiger partial charge in [0, 0.05) is 45.4 Å². The van der Waals surface area contributed by atoms with E-state index in [1.54, 1.807) is 5.01 Å². The van der Waals surface area contributed by atoms with Crippen molar-refractivity contribution < 1.29 is 18.0 Å². The number of nitrogens with zero attached hydrogens (tertiary/aromatic N) is 4. The summed E-state index contributed by atoms with van der Waals surface area (Å²) < 4.78 is 24.1. The Kier molecular flexibility index (Phi) is 18.3. The Morgan fingerprint density at radius 1 is 0.838 bits per heavy atom. The van der Waals surface area contributed by atoms with Crippen LogP contribution in [-0.2, 0) is 18.0 Å². The zero-order chi connectivity index (χ0) is 27.5. The molecule has 0 saturated carbocycles. The predicted molar refractivity (Wildman–Crippen MR) is 155 cm³/mol. The highest BCUT2D eigenvalue weighted by molar-refractivity contribution is 6.60. The van der Waals surface area contributed by atoms with Crippen molar-refractivity contribution in [3.05, 3.63) is 0 Å². The molecule has 0 amide bonds. The van der Waals surface area contributed by atoms with Crippen LogP contribution in [0.25, 0.3) is 0 Å². The molecule has 0 aromatic carbocycles. The van der Waals surface area contributed by atoms with Crippen molar-refractivity contribution in [1.29, 1.82) is 0 Å². The number of ether oxygens (including phenoxy) is 1. The molecule has 0 aromatic heterocycles. The highest BCUT2D eigenvalue weighted by atomic mass is 28.4. The fourth-order valence-electron chi connectivity index (χ4n) is 4.49. The minimum atomic E-state index is -2.72. The second-order valence-corrected chi connectivity index (χ2v) is 12.6. The highest BCUT2D eigenvalue weighted by Gasteiger charge is 2.40. The normalized spacial score (nSPS) is 16.5. The first-order valence-corrected chi connectivity index (χ1v) is 16.8. The van der Waals surface area contributed by atoms with E-state index in [0.29, 0.717) is 32.3 Å². The number of unbranched alkanes of at least 4 members (excludes halogenated alkanes) is 6. The molecule has 1 atom stereocenters. The van der Waals surface area contributed by atoms with Crippen molar-refractivity contribution in [2.24, 2.45) is 15.8 Å². The van der Waals surface area contributed by atoms with Gasteiger partial charge in [0.25, 0.3) is 0 Å². The lowest BCUT2D eigenvalue weighted by Crippen LogP contribution is -2.56. The Morgan fingerprint density at radius 2 is 1.38 bits per heavy atom. The van der Waals surface area contributed by atoms with Crippen molar-refractivity contribution in [2.45, 2.75) is 131 Å². The van der Waals surface area contributed by atoms with Crippen molar-refractivity contribution in [3.8, 4) is 0 Å².